The van der Waals surface area contributed by atoms with Gasteiger partial charge in [0.15, 0.2) is 5.72 Å². The van der Waals surface area contributed by atoms with E-state index in [9.17, 15) is 14.7 Å². The number of aliphatic hydroxyl groups excluding tert-OH is 1. The average molecular weight is 380 g/mol. The predicted octanol–water partition coefficient (Wildman–Crippen LogP) is 2.67. The van der Waals surface area contributed by atoms with Crippen molar-refractivity contribution >= 4 is 17.5 Å². The van der Waals surface area contributed by atoms with Crippen molar-refractivity contribution in [1.82, 2.24) is 4.90 Å². The third kappa shape index (κ3) is 2.94. The maximum absolute atomic E-state index is 13.3. The zero-order chi connectivity index (χ0) is 19.9. The predicted molar refractivity (Wildman–Crippen MR) is 105 cm³/mol. The Bertz CT molecular complexity index is 928. The van der Waals surface area contributed by atoms with Crippen LogP contribution in [-0.4, -0.2) is 40.7 Å². The largest absolute Gasteiger partial charge is 0.468 e. The first-order valence-electron chi connectivity index (χ1n) is 9.51. The lowest BCUT2D eigenvalue weighted by atomic mass is 9.73. The summed E-state index contributed by atoms with van der Waals surface area (Å²) in [5, 5.41) is 12.4. The van der Waals surface area contributed by atoms with Gasteiger partial charge in [-0.3, -0.25) is 9.59 Å². The molecule has 0 radical (unpaired) electrons. The van der Waals surface area contributed by atoms with Gasteiger partial charge in [-0.15, -0.1) is 0 Å². The monoisotopic (exact) mass is 380 g/mol. The highest BCUT2D eigenvalue weighted by atomic mass is 16.5. The number of aliphatic hydroxyl groups is 1. The second-order valence-electron chi connectivity index (χ2n) is 7.62. The second kappa shape index (κ2) is 6.95. The first-order valence-corrected chi connectivity index (χ1v) is 9.51. The SMILES string of the molecule is Cc1ccccc1NC(=O)C1C(=O)N(CCO)[C@@]2(C)CC1c1ccccc1O2. The van der Waals surface area contributed by atoms with Crippen molar-refractivity contribution in [1.29, 1.82) is 0 Å². The summed E-state index contributed by atoms with van der Waals surface area (Å²) in [6, 6.07) is 15.1. The molecule has 6 heteroatoms. The van der Waals surface area contributed by atoms with Crippen molar-refractivity contribution in [3.63, 3.8) is 0 Å². The molecule has 1 saturated heterocycles. The number of aryl methyl sites for hydroxylation is 1. The third-order valence-corrected chi connectivity index (χ3v) is 5.76. The van der Waals surface area contributed by atoms with Crippen LogP contribution in [-0.2, 0) is 9.59 Å². The number of β-amino-alcohol motifs (C(OH)–C–C–N with tert-alkyl or cyclic N) is 1. The van der Waals surface area contributed by atoms with Gasteiger partial charge in [-0.1, -0.05) is 36.4 Å². The number of benzene rings is 2. The fraction of sp³-hybridized carbons (Fsp3) is 0.364. The first-order chi connectivity index (χ1) is 13.4. The summed E-state index contributed by atoms with van der Waals surface area (Å²) in [4.78, 5) is 28.1. The van der Waals surface area contributed by atoms with Crippen LogP contribution >= 0.6 is 0 Å². The molecule has 2 bridgehead atoms. The molecule has 146 valence electrons. The van der Waals surface area contributed by atoms with Crippen LogP contribution in [0.5, 0.6) is 5.75 Å². The molecule has 6 nitrogen and oxygen atoms in total. The highest BCUT2D eigenvalue weighted by Crippen LogP contribution is 2.50. The maximum atomic E-state index is 13.3. The summed E-state index contributed by atoms with van der Waals surface area (Å²) < 4.78 is 6.15. The lowest BCUT2D eigenvalue weighted by molar-refractivity contribution is -0.176. The molecule has 2 aromatic carbocycles. The van der Waals surface area contributed by atoms with Crippen molar-refractivity contribution in [2.24, 2.45) is 5.92 Å². The quantitative estimate of drug-likeness (QED) is 0.800. The van der Waals surface area contributed by atoms with Crippen LogP contribution in [0.25, 0.3) is 0 Å². The zero-order valence-electron chi connectivity index (χ0n) is 16.0. The Kier molecular flexibility index (Phi) is 4.59. The van der Waals surface area contributed by atoms with Gasteiger partial charge in [0.05, 0.1) is 6.61 Å². The molecule has 0 saturated carbocycles. The van der Waals surface area contributed by atoms with E-state index < -0.39 is 11.6 Å². The number of nitrogens with zero attached hydrogens (tertiary/aromatic N) is 1. The van der Waals surface area contributed by atoms with Crippen LogP contribution in [0, 0.1) is 12.8 Å². The number of carbonyl (C=O) groups is 2. The van der Waals surface area contributed by atoms with Crippen LogP contribution in [0.4, 0.5) is 5.69 Å². The van der Waals surface area contributed by atoms with E-state index in [1.54, 1.807) is 0 Å². The summed E-state index contributed by atoms with van der Waals surface area (Å²) in [5.41, 5.74) is 1.63. The van der Waals surface area contributed by atoms with Crippen molar-refractivity contribution in [2.45, 2.75) is 31.9 Å². The van der Waals surface area contributed by atoms with Gasteiger partial charge in [-0.2, -0.15) is 0 Å². The molecule has 0 spiro atoms. The van der Waals surface area contributed by atoms with Crippen LogP contribution in [0.3, 0.4) is 0 Å². The van der Waals surface area contributed by atoms with E-state index in [4.69, 9.17) is 4.74 Å². The Balaban J connectivity index is 1.74. The second-order valence-corrected chi connectivity index (χ2v) is 7.62. The molecule has 2 heterocycles. The Hall–Kier alpha value is -2.86. The van der Waals surface area contributed by atoms with E-state index in [1.807, 2.05) is 62.4 Å². The van der Waals surface area contributed by atoms with Gasteiger partial charge in [0.2, 0.25) is 11.8 Å². The molecule has 2 aliphatic rings. The van der Waals surface area contributed by atoms with Gasteiger partial charge >= 0.3 is 0 Å². The van der Waals surface area contributed by atoms with Crippen molar-refractivity contribution < 1.29 is 19.4 Å². The average Bonchev–Trinajstić information content (AvgIpc) is 2.67. The highest BCUT2D eigenvalue weighted by molar-refractivity contribution is 6.08. The summed E-state index contributed by atoms with van der Waals surface area (Å²) in [7, 11) is 0. The number of ether oxygens (including phenoxy) is 1. The fourth-order valence-corrected chi connectivity index (χ4v) is 4.38. The lowest BCUT2D eigenvalue weighted by Gasteiger charge is -2.52. The van der Waals surface area contributed by atoms with E-state index in [0.717, 1.165) is 11.1 Å². The Morgan fingerprint density at radius 3 is 2.71 bits per heavy atom. The Morgan fingerprint density at radius 1 is 1.25 bits per heavy atom. The molecule has 0 aliphatic carbocycles. The number of piperidine rings is 1. The maximum Gasteiger partial charge on any atom is 0.238 e. The van der Waals surface area contributed by atoms with Gasteiger partial charge < -0.3 is 20.1 Å². The number of anilines is 1. The minimum atomic E-state index is -0.877. The molecular weight excluding hydrogens is 356 g/mol. The summed E-state index contributed by atoms with van der Waals surface area (Å²) in [5.74, 6) is -1.10. The molecule has 2 amide bonds. The molecule has 2 N–H and O–H groups in total. The van der Waals surface area contributed by atoms with E-state index in [2.05, 4.69) is 5.32 Å². The van der Waals surface area contributed by atoms with Crippen molar-refractivity contribution in [3.8, 4) is 5.75 Å². The third-order valence-electron chi connectivity index (χ3n) is 5.76. The van der Waals surface area contributed by atoms with Gasteiger partial charge in [0.25, 0.3) is 0 Å². The molecule has 0 aromatic heterocycles. The molecule has 28 heavy (non-hydrogen) atoms. The zero-order valence-corrected chi connectivity index (χ0v) is 16.0. The molecule has 4 rings (SSSR count). The smallest absolute Gasteiger partial charge is 0.238 e. The van der Waals surface area contributed by atoms with E-state index in [-0.39, 0.29) is 30.9 Å². The number of hydrogen-bond acceptors (Lipinski definition) is 4. The highest BCUT2D eigenvalue weighted by Gasteiger charge is 2.55. The lowest BCUT2D eigenvalue weighted by Crippen LogP contribution is -2.64. The van der Waals surface area contributed by atoms with Crippen LogP contribution in [0.15, 0.2) is 48.5 Å². The minimum absolute atomic E-state index is 0.123. The number of fused-ring (bicyclic) bond motifs is 4. The standard InChI is InChI=1S/C22H24N2O4/c1-14-7-3-5-9-17(14)23-20(26)19-16-13-22(2,24(11-12-25)21(19)27)28-18-10-6-4-8-15(16)18/h3-10,16,19,25H,11-13H2,1-2H3,(H,23,26)/t16?,19?,22-/m1/s1. The normalized spacial score (nSPS) is 25.7. The van der Waals surface area contributed by atoms with Gasteiger partial charge in [-0.05, 0) is 37.1 Å². The van der Waals surface area contributed by atoms with Crippen LogP contribution in [0.1, 0.15) is 30.4 Å². The molecule has 2 unspecified atom stereocenters. The van der Waals surface area contributed by atoms with E-state index >= 15 is 0 Å². The number of amides is 2. The van der Waals surface area contributed by atoms with Gasteiger partial charge in [-0.25, -0.2) is 0 Å². The van der Waals surface area contributed by atoms with Crippen LogP contribution < -0.4 is 10.1 Å². The number of para-hydroxylation sites is 2. The molecule has 2 aliphatic heterocycles. The number of nitrogens with one attached hydrogen (secondary N) is 1. The van der Waals surface area contributed by atoms with Crippen LogP contribution in [0.2, 0.25) is 0 Å². The first kappa shape index (κ1) is 18.5. The van der Waals surface area contributed by atoms with E-state index in [0.29, 0.717) is 17.9 Å². The summed E-state index contributed by atoms with van der Waals surface area (Å²) in [6.45, 7) is 3.69. The van der Waals surface area contributed by atoms with Gasteiger partial charge in [0, 0.05) is 24.6 Å². The molecule has 1 fully saturated rings. The Labute approximate surface area is 164 Å². The number of rotatable bonds is 4. The van der Waals surface area contributed by atoms with Gasteiger partial charge in [0.1, 0.15) is 11.7 Å². The summed E-state index contributed by atoms with van der Waals surface area (Å²) >= 11 is 0. The number of carbonyl (C=O) groups excluding carboxylic acids is 2. The van der Waals surface area contributed by atoms with Crippen molar-refractivity contribution in [2.75, 3.05) is 18.5 Å². The summed E-state index contributed by atoms with van der Waals surface area (Å²) in [6.07, 6.45) is 0.502. The molecular formula is C22H24N2O4. The number of hydrogen-bond donors (Lipinski definition) is 2. The fourth-order valence-electron chi connectivity index (χ4n) is 4.38. The topological polar surface area (TPSA) is 78.9 Å². The molecule has 2 aromatic rings. The van der Waals surface area contributed by atoms with E-state index in [1.165, 1.54) is 4.90 Å². The Morgan fingerprint density at radius 2 is 1.96 bits per heavy atom. The van der Waals surface area contributed by atoms with Crippen molar-refractivity contribution in [3.05, 3.63) is 59.7 Å². The minimum Gasteiger partial charge on any atom is -0.468 e. The molecule has 3 atom stereocenters. The number of likely N-dealkylation sites (tertiary alicyclic amines) is 1.